The summed E-state index contributed by atoms with van der Waals surface area (Å²) in [7, 11) is 0. The highest BCUT2D eigenvalue weighted by Gasteiger charge is 2.21. The summed E-state index contributed by atoms with van der Waals surface area (Å²) in [6.45, 7) is 13.8. The van der Waals surface area contributed by atoms with Crippen molar-refractivity contribution in [3.63, 3.8) is 0 Å². The van der Waals surface area contributed by atoms with E-state index in [1.807, 2.05) is 0 Å². The van der Waals surface area contributed by atoms with Crippen molar-refractivity contribution in [2.75, 3.05) is 31.9 Å². The fourth-order valence-electron chi connectivity index (χ4n) is 1.97. The third kappa shape index (κ3) is 9.27. The summed E-state index contributed by atoms with van der Waals surface area (Å²) in [4.78, 5) is 16.3. The second-order valence-electron chi connectivity index (χ2n) is 5.22. The Morgan fingerprint density at radius 3 is 1.83 bits per heavy atom. The Bertz CT molecular complexity index is 390. The van der Waals surface area contributed by atoms with Crippen LogP contribution in [0.15, 0.2) is 0 Å². The number of rotatable bonds is 10. The molecule has 0 N–H and O–H groups in total. The Balaban J connectivity index is 4.60. The first kappa shape index (κ1) is 23.1. The highest BCUT2D eigenvalue weighted by molar-refractivity contribution is 8.26. The Kier molecular flexibility index (Phi) is 13.5. The summed E-state index contributed by atoms with van der Waals surface area (Å²) in [5.41, 5.74) is 0. The van der Waals surface area contributed by atoms with Crippen LogP contribution in [0.2, 0.25) is 0 Å². The number of hydrogen-bond acceptors (Lipinski definition) is 5. The van der Waals surface area contributed by atoms with Crippen LogP contribution in [0.5, 0.6) is 0 Å². The molecule has 0 spiro atoms. The zero-order chi connectivity index (χ0) is 17.8. The molecule has 0 amide bonds. The van der Waals surface area contributed by atoms with Gasteiger partial charge in [0.2, 0.25) is 0 Å². The molecule has 0 bridgehead atoms. The van der Waals surface area contributed by atoms with Gasteiger partial charge < -0.3 is 9.80 Å². The van der Waals surface area contributed by atoms with Crippen LogP contribution >= 0.6 is 48.0 Å². The topological polar surface area (TPSA) is 23.6 Å². The van der Waals surface area contributed by atoms with E-state index >= 15 is 0 Å². The molecule has 7 heteroatoms. The fraction of sp³-hybridized carbons (Fsp3) is 0.812. The molecule has 0 aromatic rings. The van der Waals surface area contributed by atoms with Crippen LogP contribution in [-0.2, 0) is 4.79 Å². The van der Waals surface area contributed by atoms with Gasteiger partial charge in [-0.15, -0.1) is 0 Å². The predicted octanol–water partition coefficient (Wildman–Crippen LogP) is 4.44. The average molecular weight is 395 g/mol. The van der Waals surface area contributed by atoms with Crippen molar-refractivity contribution in [2.45, 2.75) is 52.7 Å². The number of thiocarbonyl (C=S) groups is 2. The number of carbonyl (C=O) groups is 1. The molecule has 3 nitrogen and oxygen atoms in total. The van der Waals surface area contributed by atoms with Gasteiger partial charge in [0, 0.05) is 31.9 Å². The minimum absolute atomic E-state index is 0.128. The molecule has 0 aliphatic heterocycles. The zero-order valence-electron chi connectivity index (χ0n) is 15.0. The molecule has 0 saturated heterocycles. The summed E-state index contributed by atoms with van der Waals surface area (Å²) >= 11 is 14.1. The van der Waals surface area contributed by atoms with Gasteiger partial charge in [-0.25, -0.2) is 0 Å². The van der Waals surface area contributed by atoms with Crippen LogP contribution in [0.4, 0.5) is 0 Å². The smallest absolute Gasteiger partial charge is 0.144 e. The standard InChI is InChI=1S/C16H30N2OS4/c1-6-10-17(8-3)15(20)22-12-14(13(5)19)23-16(21)18(9-4)11-7-2/h14H,6-12H2,1-5H3. The van der Waals surface area contributed by atoms with Crippen LogP contribution in [0, 0.1) is 0 Å². The quantitative estimate of drug-likeness (QED) is 0.505. The number of carbonyl (C=O) groups excluding carboxylic acids is 1. The summed E-state index contributed by atoms with van der Waals surface area (Å²) < 4.78 is 1.70. The van der Waals surface area contributed by atoms with Crippen molar-refractivity contribution in [1.82, 2.24) is 9.80 Å². The van der Waals surface area contributed by atoms with Crippen molar-refractivity contribution < 1.29 is 4.79 Å². The van der Waals surface area contributed by atoms with Gasteiger partial charge in [0.15, 0.2) is 0 Å². The minimum atomic E-state index is -0.128. The van der Waals surface area contributed by atoms with E-state index in [2.05, 4.69) is 37.5 Å². The molecule has 0 radical (unpaired) electrons. The molecule has 0 saturated carbocycles. The molecule has 0 aliphatic carbocycles. The maximum atomic E-state index is 12.0. The average Bonchev–Trinajstić information content (AvgIpc) is 2.53. The lowest BCUT2D eigenvalue weighted by atomic mass is 10.3. The van der Waals surface area contributed by atoms with E-state index in [9.17, 15) is 4.79 Å². The molecule has 0 rings (SSSR count). The minimum Gasteiger partial charge on any atom is -0.358 e. The highest BCUT2D eigenvalue weighted by Crippen LogP contribution is 2.23. The molecular formula is C16H30N2OS4. The van der Waals surface area contributed by atoms with Crippen molar-refractivity contribution in [1.29, 1.82) is 0 Å². The lowest BCUT2D eigenvalue weighted by molar-refractivity contribution is -0.116. The van der Waals surface area contributed by atoms with Gasteiger partial charge in [-0.1, -0.05) is 61.8 Å². The Labute approximate surface area is 161 Å². The van der Waals surface area contributed by atoms with Gasteiger partial charge in [0.1, 0.15) is 14.4 Å². The van der Waals surface area contributed by atoms with Crippen LogP contribution < -0.4 is 0 Å². The maximum Gasteiger partial charge on any atom is 0.144 e. The van der Waals surface area contributed by atoms with E-state index < -0.39 is 0 Å². The van der Waals surface area contributed by atoms with Gasteiger partial charge in [-0.2, -0.15) is 0 Å². The van der Waals surface area contributed by atoms with E-state index in [4.69, 9.17) is 24.4 Å². The van der Waals surface area contributed by atoms with E-state index in [-0.39, 0.29) is 11.0 Å². The molecule has 1 unspecified atom stereocenters. The second-order valence-corrected chi connectivity index (χ2v) is 8.71. The first-order valence-corrected chi connectivity index (χ1v) is 11.0. The number of ketones is 1. The van der Waals surface area contributed by atoms with Crippen LogP contribution in [0.1, 0.15) is 47.5 Å². The van der Waals surface area contributed by atoms with Crippen LogP contribution in [0.3, 0.4) is 0 Å². The lowest BCUT2D eigenvalue weighted by Crippen LogP contribution is -2.32. The molecule has 0 aliphatic rings. The monoisotopic (exact) mass is 394 g/mol. The van der Waals surface area contributed by atoms with E-state index in [1.165, 1.54) is 11.8 Å². The van der Waals surface area contributed by atoms with Crippen molar-refractivity contribution in [3.05, 3.63) is 0 Å². The van der Waals surface area contributed by atoms with Gasteiger partial charge >= 0.3 is 0 Å². The SMILES string of the molecule is CCCN(CC)C(=S)SCC(SC(=S)N(CC)CCC)C(C)=O. The second kappa shape index (κ2) is 13.4. The number of hydrogen-bond donors (Lipinski definition) is 0. The normalized spacial score (nSPS) is 11.9. The van der Waals surface area contributed by atoms with Gasteiger partial charge in [0.25, 0.3) is 0 Å². The van der Waals surface area contributed by atoms with Gasteiger partial charge in [-0.05, 0) is 33.6 Å². The molecular weight excluding hydrogens is 364 g/mol. The Morgan fingerprint density at radius 2 is 1.43 bits per heavy atom. The molecule has 0 aromatic heterocycles. The largest absolute Gasteiger partial charge is 0.358 e. The highest BCUT2D eigenvalue weighted by atomic mass is 32.2. The van der Waals surface area contributed by atoms with Crippen molar-refractivity contribution in [2.24, 2.45) is 0 Å². The van der Waals surface area contributed by atoms with E-state index in [0.717, 1.165) is 47.7 Å². The van der Waals surface area contributed by atoms with Crippen LogP contribution in [0.25, 0.3) is 0 Å². The van der Waals surface area contributed by atoms with Crippen LogP contribution in [-0.4, -0.2) is 61.4 Å². The van der Waals surface area contributed by atoms with Gasteiger partial charge in [-0.3, -0.25) is 4.79 Å². The van der Waals surface area contributed by atoms with Crippen molar-refractivity contribution >= 4 is 62.4 Å². The van der Waals surface area contributed by atoms with E-state index in [0.29, 0.717) is 5.75 Å². The third-order valence-electron chi connectivity index (χ3n) is 3.32. The molecule has 0 heterocycles. The Hall–Kier alpha value is 0.150. The Morgan fingerprint density at radius 1 is 0.957 bits per heavy atom. The zero-order valence-corrected chi connectivity index (χ0v) is 18.2. The fourth-order valence-corrected chi connectivity index (χ4v) is 5.15. The maximum absolute atomic E-state index is 12.0. The predicted molar refractivity (Wildman–Crippen MR) is 115 cm³/mol. The lowest BCUT2D eigenvalue weighted by Gasteiger charge is -2.26. The molecule has 1 atom stereocenters. The van der Waals surface area contributed by atoms with E-state index in [1.54, 1.807) is 18.7 Å². The third-order valence-corrected chi connectivity index (χ3v) is 6.94. The molecule has 0 fully saturated rings. The summed E-state index contributed by atoms with van der Waals surface area (Å²) in [5, 5.41) is -0.128. The molecule has 0 aromatic carbocycles. The molecule has 134 valence electrons. The number of thioether (sulfide) groups is 2. The number of nitrogens with zero attached hydrogens (tertiary/aromatic N) is 2. The molecule has 23 heavy (non-hydrogen) atoms. The summed E-state index contributed by atoms with van der Waals surface area (Å²) in [6, 6.07) is 0. The van der Waals surface area contributed by atoms with Gasteiger partial charge in [0.05, 0.1) is 5.25 Å². The summed E-state index contributed by atoms with van der Waals surface area (Å²) in [6.07, 6.45) is 2.13. The first-order valence-electron chi connectivity index (χ1n) is 8.28. The number of Topliss-reactive ketones (excluding diaryl/α,β-unsaturated/α-hetero) is 1. The van der Waals surface area contributed by atoms with Crippen molar-refractivity contribution in [3.8, 4) is 0 Å². The summed E-state index contributed by atoms with van der Waals surface area (Å²) in [5.74, 6) is 0.849. The first-order chi connectivity index (χ1) is 10.9.